The van der Waals surface area contributed by atoms with E-state index in [4.69, 9.17) is 14.6 Å². The maximum Gasteiger partial charge on any atom is 0.335 e. The van der Waals surface area contributed by atoms with Crippen LogP contribution in [-0.2, 0) is 9.53 Å². The highest BCUT2D eigenvalue weighted by Crippen LogP contribution is 2.20. The summed E-state index contributed by atoms with van der Waals surface area (Å²) >= 11 is 0. The third-order valence-corrected chi connectivity index (χ3v) is 3.15. The van der Waals surface area contributed by atoms with Gasteiger partial charge in [0.05, 0.1) is 18.8 Å². The van der Waals surface area contributed by atoms with E-state index in [1.807, 2.05) is 0 Å². The summed E-state index contributed by atoms with van der Waals surface area (Å²) in [6.07, 6.45) is -0.853. The van der Waals surface area contributed by atoms with Gasteiger partial charge in [0.1, 0.15) is 0 Å². The largest absolute Gasteiger partial charge is 0.478 e. The fraction of sp³-hybridized carbons (Fsp3) is 0.429. The molecule has 1 atom stereocenters. The highest BCUT2D eigenvalue weighted by molar-refractivity contribution is 5.87. The van der Waals surface area contributed by atoms with Gasteiger partial charge >= 0.3 is 5.97 Å². The van der Waals surface area contributed by atoms with Crippen molar-refractivity contribution in [1.82, 2.24) is 4.90 Å². The van der Waals surface area contributed by atoms with Crippen LogP contribution in [0.4, 0.5) is 4.39 Å². The lowest BCUT2D eigenvalue weighted by Gasteiger charge is -2.29. The molecule has 1 heterocycles. The smallest absolute Gasteiger partial charge is 0.335 e. The first-order chi connectivity index (χ1) is 9.99. The quantitative estimate of drug-likeness (QED) is 0.902. The predicted octanol–water partition coefficient (Wildman–Crippen LogP) is 1.15. The first-order valence-corrected chi connectivity index (χ1v) is 6.55. The second kappa shape index (κ2) is 6.53. The molecule has 1 aliphatic rings. The molecule has 7 heteroatoms. The molecule has 1 N–H and O–H groups in total. The van der Waals surface area contributed by atoms with E-state index in [0.717, 1.165) is 6.07 Å². The van der Waals surface area contributed by atoms with Gasteiger partial charge in [-0.05, 0) is 25.1 Å². The van der Waals surface area contributed by atoms with Crippen LogP contribution < -0.4 is 4.74 Å². The number of carboxylic acid groups (broad SMARTS) is 1. The van der Waals surface area contributed by atoms with Crippen LogP contribution in [0, 0.1) is 5.82 Å². The lowest BCUT2D eigenvalue weighted by molar-refractivity contribution is -0.142. The standard InChI is InChI=1S/C14H16FNO5/c1-9(13(17)16-4-6-20-7-5-16)21-12-3-2-10(14(18)19)8-11(12)15/h2-3,8-9H,4-7H2,1H3,(H,18,19). The number of carboxylic acids is 1. The zero-order chi connectivity index (χ0) is 15.4. The number of amides is 1. The Bertz CT molecular complexity index is 542. The van der Waals surface area contributed by atoms with Crippen molar-refractivity contribution in [2.45, 2.75) is 13.0 Å². The van der Waals surface area contributed by atoms with E-state index in [-0.39, 0.29) is 17.2 Å². The molecule has 21 heavy (non-hydrogen) atoms. The monoisotopic (exact) mass is 297 g/mol. The van der Waals surface area contributed by atoms with Crippen LogP contribution in [-0.4, -0.2) is 54.3 Å². The zero-order valence-corrected chi connectivity index (χ0v) is 11.5. The third kappa shape index (κ3) is 3.69. The molecule has 1 aromatic carbocycles. The first kappa shape index (κ1) is 15.2. The Hall–Kier alpha value is -2.15. The Balaban J connectivity index is 2.03. The summed E-state index contributed by atoms with van der Waals surface area (Å²) in [7, 11) is 0. The van der Waals surface area contributed by atoms with Gasteiger partial charge in [0.2, 0.25) is 0 Å². The molecule has 2 rings (SSSR count). The summed E-state index contributed by atoms with van der Waals surface area (Å²) < 4.78 is 24.2. The molecule has 1 aliphatic heterocycles. The van der Waals surface area contributed by atoms with E-state index in [0.29, 0.717) is 26.3 Å². The number of aromatic carboxylic acids is 1. The predicted molar refractivity (Wildman–Crippen MR) is 70.8 cm³/mol. The van der Waals surface area contributed by atoms with E-state index >= 15 is 0 Å². The van der Waals surface area contributed by atoms with Gasteiger partial charge in [-0.2, -0.15) is 0 Å². The molecule has 0 saturated carbocycles. The van der Waals surface area contributed by atoms with E-state index in [9.17, 15) is 14.0 Å². The summed E-state index contributed by atoms with van der Waals surface area (Å²) in [5.41, 5.74) is -0.174. The number of rotatable bonds is 4. The molecule has 1 amide bonds. The topological polar surface area (TPSA) is 76.1 Å². The van der Waals surface area contributed by atoms with Crippen LogP contribution in [0.1, 0.15) is 17.3 Å². The maximum absolute atomic E-state index is 13.7. The Morgan fingerprint density at radius 3 is 2.62 bits per heavy atom. The minimum atomic E-state index is -1.22. The minimum absolute atomic E-state index is 0.144. The third-order valence-electron chi connectivity index (χ3n) is 3.15. The summed E-state index contributed by atoms with van der Waals surface area (Å²) in [4.78, 5) is 24.4. The lowest BCUT2D eigenvalue weighted by Crippen LogP contribution is -2.46. The maximum atomic E-state index is 13.7. The van der Waals surface area contributed by atoms with Crippen LogP contribution in [0.2, 0.25) is 0 Å². The van der Waals surface area contributed by atoms with Gasteiger partial charge in [-0.15, -0.1) is 0 Å². The van der Waals surface area contributed by atoms with Crippen LogP contribution in [0.5, 0.6) is 5.75 Å². The fourth-order valence-corrected chi connectivity index (χ4v) is 2.01. The number of nitrogens with zero attached hydrogens (tertiary/aromatic N) is 1. The lowest BCUT2D eigenvalue weighted by atomic mass is 10.2. The Morgan fingerprint density at radius 2 is 2.05 bits per heavy atom. The van der Waals surface area contributed by atoms with Crippen molar-refractivity contribution in [3.8, 4) is 5.75 Å². The molecule has 0 spiro atoms. The van der Waals surface area contributed by atoms with Crippen LogP contribution in [0.3, 0.4) is 0 Å². The van der Waals surface area contributed by atoms with Gasteiger partial charge in [0.15, 0.2) is 17.7 Å². The highest BCUT2D eigenvalue weighted by Gasteiger charge is 2.24. The number of morpholine rings is 1. The van der Waals surface area contributed by atoms with Crippen LogP contribution >= 0.6 is 0 Å². The molecule has 6 nitrogen and oxygen atoms in total. The molecule has 1 saturated heterocycles. The molecule has 114 valence electrons. The number of halogens is 1. The number of hydrogen-bond donors (Lipinski definition) is 1. The number of benzene rings is 1. The highest BCUT2D eigenvalue weighted by atomic mass is 19.1. The van der Waals surface area contributed by atoms with E-state index in [1.165, 1.54) is 19.1 Å². The fourth-order valence-electron chi connectivity index (χ4n) is 2.01. The number of hydrogen-bond acceptors (Lipinski definition) is 4. The van der Waals surface area contributed by atoms with Crippen molar-refractivity contribution in [1.29, 1.82) is 0 Å². The van der Waals surface area contributed by atoms with Crippen molar-refractivity contribution < 1.29 is 28.6 Å². The van der Waals surface area contributed by atoms with Gasteiger partial charge < -0.3 is 19.5 Å². The molecular formula is C14H16FNO5. The van der Waals surface area contributed by atoms with Gasteiger partial charge in [0.25, 0.3) is 5.91 Å². The van der Waals surface area contributed by atoms with Crippen molar-refractivity contribution in [2.24, 2.45) is 0 Å². The molecular weight excluding hydrogens is 281 g/mol. The zero-order valence-electron chi connectivity index (χ0n) is 11.5. The van der Waals surface area contributed by atoms with E-state index < -0.39 is 17.9 Å². The van der Waals surface area contributed by atoms with Gasteiger partial charge in [-0.3, -0.25) is 4.79 Å². The number of ether oxygens (including phenoxy) is 2. The Kier molecular flexibility index (Phi) is 4.74. The second-order valence-corrected chi connectivity index (χ2v) is 4.65. The van der Waals surface area contributed by atoms with E-state index in [2.05, 4.69) is 0 Å². The van der Waals surface area contributed by atoms with Gasteiger partial charge in [0, 0.05) is 13.1 Å². The van der Waals surface area contributed by atoms with Gasteiger partial charge in [-0.25, -0.2) is 9.18 Å². The molecule has 0 aliphatic carbocycles. The Morgan fingerprint density at radius 1 is 1.38 bits per heavy atom. The van der Waals surface area contributed by atoms with Crippen molar-refractivity contribution >= 4 is 11.9 Å². The summed E-state index contributed by atoms with van der Waals surface area (Å²) in [5.74, 6) is -2.43. The molecule has 1 unspecified atom stereocenters. The van der Waals surface area contributed by atoms with Crippen LogP contribution in [0.15, 0.2) is 18.2 Å². The SMILES string of the molecule is CC(Oc1ccc(C(=O)O)cc1F)C(=O)N1CCOCC1. The van der Waals surface area contributed by atoms with Crippen molar-refractivity contribution in [3.63, 3.8) is 0 Å². The number of carbonyl (C=O) groups is 2. The second-order valence-electron chi connectivity index (χ2n) is 4.65. The molecule has 0 radical (unpaired) electrons. The van der Waals surface area contributed by atoms with Gasteiger partial charge in [-0.1, -0.05) is 0 Å². The summed E-state index contributed by atoms with van der Waals surface area (Å²) in [5, 5.41) is 8.76. The molecule has 1 aromatic rings. The average Bonchev–Trinajstić information content (AvgIpc) is 2.49. The molecule has 1 fully saturated rings. The van der Waals surface area contributed by atoms with Crippen LogP contribution in [0.25, 0.3) is 0 Å². The summed E-state index contributed by atoms with van der Waals surface area (Å²) in [6.45, 7) is 3.43. The molecule has 0 bridgehead atoms. The number of carbonyl (C=O) groups excluding carboxylic acids is 1. The average molecular weight is 297 g/mol. The normalized spacial score (nSPS) is 16.4. The molecule has 0 aromatic heterocycles. The van der Waals surface area contributed by atoms with E-state index in [1.54, 1.807) is 4.90 Å². The van der Waals surface area contributed by atoms with Crippen molar-refractivity contribution in [2.75, 3.05) is 26.3 Å². The Labute approximate surface area is 121 Å². The van der Waals surface area contributed by atoms with Crippen molar-refractivity contribution in [3.05, 3.63) is 29.6 Å². The minimum Gasteiger partial charge on any atom is -0.478 e. The summed E-state index contributed by atoms with van der Waals surface area (Å²) in [6, 6.07) is 3.30. The first-order valence-electron chi connectivity index (χ1n) is 6.55.